The van der Waals surface area contributed by atoms with Crippen LogP contribution < -0.4 is 0 Å². The summed E-state index contributed by atoms with van der Waals surface area (Å²) in [5.74, 6) is 2.81. The predicted molar refractivity (Wildman–Crippen MR) is 87.2 cm³/mol. The SMILES string of the molecule is O=C(CC1CCCC1)N1CCCC(OCc2nc(C3CC3)no2)C1. The first-order valence-electron chi connectivity index (χ1n) is 9.50. The van der Waals surface area contributed by atoms with Crippen molar-refractivity contribution in [3.63, 3.8) is 0 Å². The Bertz CT molecular complexity index is 564. The third-order valence-electron chi connectivity index (χ3n) is 5.54. The highest BCUT2D eigenvalue weighted by atomic mass is 16.5. The number of piperidine rings is 1. The minimum Gasteiger partial charge on any atom is -0.367 e. The Labute approximate surface area is 142 Å². The van der Waals surface area contributed by atoms with Gasteiger partial charge in [-0.1, -0.05) is 18.0 Å². The molecule has 1 amide bonds. The molecular weight excluding hydrogens is 306 g/mol. The number of carbonyl (C=O) groups is 1. The van der Waals surface area contributed by atoms with Gasteiger partial charge in [-0.25, -0.2) is 0 Å². The fraction of sp³-hybridized carbons (Fsp3) is 0.833. The van der Waals surface area contributed by atoms with Crippen LogP contribution in [0.15, 0.2) is 4.52 Å². The van der Waals surface area contributed by atoms with Gasteiger partial charge in [-0.2, -0.15) is 4.98 Å². The van der Waals surface area contributed by atoms with Crippen molar-refractivity contribution in [3.8, 4) is 0 Å². The fourth-order valence-electron chi connectivity index (χ4n) is 3.91. The standard InChI is InChI=1S/C18H27N3O3/c22-17(10-13-4-1-2-5-13)21-9-3-6-15(11-21)23-12-16-19-18(20-24-16)14-7-8-14/h13-15H,1-12H2. The molecule has 0 N–H and O–H groups in total. The van der Waals surface area contributed by atoms with Crippen LogP contribution in [0.5, 0.6) is 0 Å². The number of amides is 1. The van der Waals surface area contributed by atoms with Crippen molar-refractivity contribution >= 4 is 5.91 Å². The van der Waals surface area contributed by atoms with Crippen LogP contribution in [-0.4, -0.2) is 40.1 Å². The lowest BCUT2D eigenvalue weighted by Crippen LogP contribution is -2.43. The normalized spacial score (nSPS) is 25.3. The van der Waals surface area contributed by atoms with Gasteiger partial charge < -0.3 is 14.2 Å². The zero-order chi connectivity index (χ0) is 16.4. The third kappa shape index (κ3) is 3.97. The average molecular weight is 333 g/mol. The van der Waals surface area contributed by atoms with Crippen LogP contribution >= 0.6 is 0 Å². The second-order valence-corrected chi connectivity index (χ2v) is 7.59. The first-order chi connectivity index (χ1) is 11.8. The second kappa shape index (κ2) is 7.21. The van der Waals surface area contributed by atoms with E-state index in [1.54, 1.807) is 0 Å². The summed E-state index contributed by atoms with van der Waals surface area (Å²) in [6.45, 7) is 1.93. The molecule has 2 aliphatic carbocycles. The Balaban J connectivity index is 1.24. The van der Waals surface area contributed by atoms with E-state index < -0.39 is 0 Å². The summed E-state index contributed by atoms with van der Waals surface area (Å²) in [6.07, 6.45) is 10.2. The molecule has 0 bridgehead atoms. The number of nitrogens with zero attached hydrogens (tertiary/aromatic N) is 3. The summed E-state index contributed by atoms with van der Waals surface area (Å²) < 4.78 is 11.2. The molecular formula is C18H27N3O3. The maximum absolute atomic E-state index is 12.5. The Morgan fingerprint density at radius 2 is 2.00 bits per heavy atom. The summed E-state index contributed by atoms with van der Waals surface area (Å²) >= 11 is 0. The van der Waals surface area contributed by atoms with Crippen LogP contribution in [-0.2, 0) is 16.1 Å². The van der Waals surface area contributed by atoms with E-state index in [9.17, 15) is 4.79 Å². The van der Waals surface area contributed by atoms with E-state index in [-0.39, 0.29) is 6.10 Å². The highest BCUT2D eigenvalue weighted by Gasteiger charge is 2.30. The van der Waals surface area contributed by atoms with Crippen molar-refractivity contribution in [2.45, 2.75) is 76.4 Å². The fourth-order valence-corrected chi connectivity index (χ4v) is 3.91. The van der Waals surface area contributed by atoms with E-state index in [0.29, 0.717) is 36.8 Å². The molecule has 6 heteroatoms. The molecule has 3 aliphatic rings. The number of rotatable bonds is 6. The molecule has 0 aromatic carbocycles. The summed E-state index contributed by atoms with van der Waals surface area (Å²) in [6, 6.07) is 0. The lowest BCUT2D eigenvalue weighted by molar-refractivity contribution is -0.136. The zero-order valence-corrected chi connectivity index (χ0v) is 14.3. The molecule has 1 saturated heterocycles. The second-order valence-electron chi connectivity index (χ2n) is 7.59. The van der Waals surface area contributed by atoms with Crippen LogP contribution in [0.4, 0.5) is 0 Å². The summed E-state index contributed by atoms with van der Waals surface area (Å²) in [5, 5.41) is 4.01. The largest absolute Gasteiger partial charge is 0.367 e. The van der Waals surface area contributed by atoms with Crippen LogP contribution in [0.25, 0.3) is 0 Å². The molecule has 2 saturated carbocycles. The van der Waals surface area contributed by atoms with E-state index in [1.165, 1.54) is 38.5 Å². The minimum atomic E-state index is 0.0857. The highest BCUT2D eigenvalue weighted by Crippen LogP contribution is 2.38. The molecule has 4 rings (SSSR count). The molecule has 1 aliphatic heterocycles. The number of likely N-dealkylation sites (tertiary alicyclic amines) is 1. The third-order valence-corrected chi connectivity index (χ3v) is 5.54. The lowest BCUT2D eigenvalue weighted by atomic mass is 10.0. The van der Waals surface area contributed by atoms with Crippen molar-refractivity contribution < 1.29 is 14.1 Å². The van der Waals surface area contributed by atoms with E-state index in [4.69, 9.17) is 9.26 Å². The Morgan fingerprint density at radius 1 is 1.17 bits per heavy atom. The van der Waals surface area contributed by atoms with Gasteiger partial charge >= 0.3 is 0 Å². The predicted octanol–water partition coefficient (Wildman–Crippen LogP) is 3.03. The number of aromatic nitrogens is 2. The maximum atomic E-state index is 12.5. The summed E-state index contributed by atoms with van der Waals surface area (Å²) in [4.78, 5) is 18.9. The molecule has 1 aromatic rings. The van der Waals surface area contributed by atoms with Gasteiger partial charge in [0.05, 0.1) is 6.10 Å². The van der Waals surface area contributed by atoms with Crippen molar-refractivity contribution in [1.82, 2.24) is 15.0 Å². The van der Waals surface area contributed by atoms with Gasteiger partial charge in [-0.3, -0.25) is 4.79 Å². The quantitative estimate of drug-likeness (QED) is 0.800. The lowest BCUT2D eigenvalue weighted by Gasteiger charge is -2.33. The Hall–Kier alpha value is -1.43. The van der Waals surface area contributed by atoms with E-state index in [1.807, 2.05) is 4.90 Å². The smallest absolute Gasteiger partial charge is 0.252 e. The molecule has 3 fully saturated rings. The van der Waals surface area contributed by atoms with E-state index in [0.717, 1.165) is 31.6 Å². The molecule has 24 heavy (non-hydrogen) atoms. The van der Waals surface area contributed by atoms with Gasteiger partial charge in [0.1, 0.15) is 6.61 Å². The number of hydrogen-bond acceptors (Lipinski definition) is 5. The molecule has 6 nitrogen and oxygen atoms in total. The van der Waals surface area contributed by atoms with Crippen molar-refractivity contribution in [3.05, 3.63) is 11.7 Å². The molecule has 2 heterocycles. The van der Waals surface area contributed by atoms with Gasteiger partial charge in [0.15, 0.2) is 5.82 Å². The topological polar surface area (TPSA) is 68.5 Å². The Morgan fingerprint density at radius 3 is 2.79 bits per heavy atom. The number of carbonyl (C=O) groups excluding carboxylic acids is 1. The van der Waals surface area contributed by atoms with Crippen molar-refractivity contribution in [2.75, 3.05) is 13.1 Å². The molecule has 1 unspecified atom stereocenters. The van der Waals surface area contributed by atoms with Gasteiger partial charge in [0.25, 0.3) is 5.89 Å². The molecule has 1 aromatic heterocycles. The van der Waals surface area contributed by atoms with Crippen LogP contribution in [0.3, 0.4) is 0 Å². The summed E-state index contributed by atoms with van der Waals surface area (Å²) in [5.41, 5.74) is 0. The van der Waals surface area contributed by atoms with Gasteiger partial charge in [0, 0.05) is 25.4 Å². The average Bonchev–Trinajstić information content (AvgIpc) is 3.13. The van der Waals surface area contributed by atoms with Crippen LogP contribution in [0.2, 0.25) is 0 Å². The zero-order valence-electron chi connectivity index (χ0n) is 14.3. The van der Waals surface area contributed by atoms with E-state index in [2.05, 4.69) is 10.1 Å². The molecule has 0 spiro atoms. The molecule has 1 atom stereocenters. The van der Waals surface area contributed by atoms with Crippen molar-refractivity contribution in [2.24, 2.45) is 5.92 Å². The maximum Gasteiger partial charge on any atom is 0.252 e. The van der Waals surface area contributed by atoms with Gasteiger partial charge in [-0.05, 0) is 44.4 Å². The first-order valence-corrected chi connectivity index (χ1v) is 9.50. The van der Waals surface area contributed by atoms with Crippen LogP contribution in [0.1, 0.15) is 75.4 Å². The van der Waals surface area contributed by atoms with Crippen LogP contribution in [0, 0.1) is 5.92 Å². The monoisotopic (exact) mass is 333 g/mol. The molecule has 0 radical (unpaired) electrons. The molecule has 132 valence electrons. The number of hydrogen-bond donors (Lipinski definition) is 0. The minimum absolute atomic E-state index is 0.0857. The van der Waals surface area contributed by atoms with Gasteiger partial charge in [-0.15, -0.1) is 0 Å². The first kappa shape index (κ1) is 16.1. The number of ether oxygens (including phenoxy) is 1. The van der Waals surface area contributed by atoms with Gasteiger partial charge in [0.2, 0.25) is 5.91 Å². The summed E-state index contributed by atoms with van der Waals surface area (Å²) in [7, 11) is 0. The Kier molecular flexibility index (Phi) is 4.83. The van der Waals surface area contributed by atoms with E-state index >= 15 is 0 Å². The van der Waals surface area contributed by atoms with Crippen molar-refractivity contribution in [1.29, 1.82) is 0 Å². The highest BCUT2D eigenvalue weighted by molar-refractivity contribution is 5.76.